The highest BCUT2D eigenvalue weighted by Crippen LogP contribution is 2.23. The molecule has 0 aliphatic heterocycles. The molecule has 0 atom stereocenters. The van der Waals surface area contributed by atoms with Gasteiger partial charge in [0.25, 0.3) is 0 Å². The summed E-state index contributed by atoms with van der Waals surface area (Å²) in [6, 6.07) is 14.2. The van der Waals surface area contributed by atoms with E-state index in [9.17, 15) is 0 Å². The molecule has 2 aromatic carbocycles. The molecule has 0 aliphatic rings. The summed E-state index contributed by atoms with van der Waals surface area (Å²) in [6.07, 6.45) is 0. The molecule has 5 nitrogen and oxygen atoms in total. The number of nitrogens with one attached hydrogen (secondary N) is 1. The van der Waals surface area contributed by atoms with E-state index in [1.165, 1.54) is 0 Å². The molecule has 0 bridgehead atoms. The molecule has 0 amide bonds. The Morgan fingerprint density at radius 1 is 0.789 bits per heavy atom. The Morgan fingerprint density at radius 3 is 1.58 bits per heavy atom. The summed E-state index contributed by atoms with van der Waals surface area (Å²) in [5, 5.41) is 20.9. The fourth-order valence-electron chi connectivity index (χ4n) is 1.63. The fraction of sp³-hybridized carbons (Fsp3) is 0. The normalized spacial score (nSPS) is 9.37. The topological polar surface area (TPSA) is 112 Å². The van der Waals surface area contributed by atoms with Gasteiger partial charge in [-0.05, 0) is 36.4 Å². The van der Waals surface area contributed by atoms with Crippen LogP contribution in [-0.2, 0) is 0 Å². The summed E-state index contributed by atoms with van der Waals surface area (Å²) in [5.41, 5.74) is 14.4. The lowest BCUT2D eigenvalue weighted by Gasteiger charge is -2.09. The molecule has 5 heteroatoms. The van der Waals surface area contributed by atoms with Gasteiger partial charge in [-0.2, -0.15) is 10.5 Å². The first-order valence-corrected chi connectivity index (χ1v) is 5.50. The molecule has 0 saturated carbocycles. The van der Waals surface area contributed by atoms with Gasteiger partial charge in [0.1, 0.15) is 12.1 Å². The van der Waals surface area contributed by atoms with Crippen molar-refractivity contribution < 1.29 is 0 Å². The van der Waals surface area contributed by atoms with Gasteiger partial charge in [0.2, 0.25) is 0 Å². The molecular weight excluding hydrogens is 238 g/mol. The van der Waals surface area contributed by atoms with Crippen LogP contribution in [0.2, 0.25) is 0 Å². The molecule has 0 aliphatic carbocycles. The molecule has 2 rings (SSSR count). The van der Waals surface area contributed by atoms with Crippen molar-refractivity contribution in [2.24, 2.45) is 0 Å². The summed E-state index contributed by atoms with van der Waals surface area (Å²) in [4.78, 5) is 0. The zero-order chi connectivity index (χ0) is 13.8. The van der Waals surface area contributed by atoms with Gasteiger partial charge in [0.15, 0.2) is 0 Å². The average molecular weight is 249 g/mol. The Hall–Kier alpha value is -3.18. The maximum atomic E-state index is 8.91. The summed E-state index contributed by atoms with van der Waals surface area (Å²) in [6.45, 7) is 0. The van der Waals surface area contributed by atoms with Crippen molar-refractivity contribution in [3.8, 4) is 12.1 Å². The van der Waals surface area contributed by atoms with Crippen molar-refractivity contribution in [1.29, 1.82) is 10.5 Å². The van der Waals surface area contributed by atoms with E-state index in [1.807, 2.05) is 12.1 Å². The lowest BCUT2D eigenvalue weighted by atomic mass is 10.1. The third-order valence-corrected chi connectivity index (χ3v) is 2.64. The van der Waals surface area contributed by atoms with Crippen molar-refractivity contribution in [3.63, 3.8) is 0 Å². The SMILES string of the molecule is N#Cc1cc(Nc2ccc(N)c(C#N)c2)ccc1N. The highest BCUT2D eigenvalue weighted by atomic mass is 14.9. The number of benzene rings is 2. The third-order valence-electron chi connectivity index (χ3n) is 2.64. The van der Waals surface area contributed by atoms with Gasteiger partial charge in [-0.25, -0.2) is 0 Å². The molecule has 0 aromatic heterocycles. The molecule has 0 radical (unpaired) electrons. The Morgan fingerprint density at radius 2 is 1.21 bits per heavy atom. The van der Waals surface area contributed by atoms with E-state index in [0.717, 1.165) is 11.4 Å². The van der Waals surface area contributed by atoms with Crippen molar-refractivity contribution in [1.82, 2.24) is 0 Å². The monoisotopic (exact) mass is 249 g/mol. The van der Waals surface area contributed by atoms with Gasteiger partial charge < -0.3 is 16.8 Å². The van der Waals surface area contributed by atoms with E-state index in [4.69, 9.17) is 22.0 Å². The summed E-state index contributed by atoms with van der Waals surface area (Å²) in [5.74, 6) is 0. The second kappa shape index (κ2) is 4.99. The van der Waals surface area contributed by atoms with Crippen LogP contribution < -0.4 is 16.8 Å². The molecule has 0 spiro atoms. The predicted octanol–water partition coefficient (Wildman–Crippen LogP) is 2.34. The van der Waals surface area contributed by atoms with Crippen LogP contribution >= 0.6 is 0 Å². The average Bonchev–Trinajstić information content (AvgIpc) is 2.43. The van der Waals surface area contributed by atoms with Crippen molar-refractivity contribution in [2.75, 3.05) is 16.8 Å². The standard InChI is InChI=1S/C14H11N5/c15-7-9-5-11(1-3-13(9)17)19-12-2-4-14(18)10(6-12)8-16/h1-6,19H,17-18H2. The number of nitrogens with two attached hydrogens (primary N) is 2. The first-order chi connectivity index (χ1) is 9.13. The number of nitrogens with zero attached hydrogens (tertiary/aromatic N) is 2. The van der Waals surface area contributed by atoms with Crippen LogP contribution in [0.4, 0.5) is 22.7 Å². The Balaban J connectivity index is 2.32. The molecule has 2 aromatic rings. The molecule has 19 heavy (non-hydrogen) atoms. The number of rotatable bonds is 2. The van der Waals surface area contributed by atoms with Gasteiger partial charge in [0, 0.05) is 22.7 Å². The van der Waals surface area contributed by atoms with Gasteiger partial charge in [-0.3, -0.25) is 0 Å². The van der Waals surface area contributed by atoms with E-state index < -0.39 is 0 Å². The molecule has 0 saturated heterocycles. The first kappa shape index (κ1) is 12.3. The highest BCUT2D eigenvalue weighted by Gasteiger charge is 2.03. The number of hydrogen-bond acceptors (Lipinski definition) is 5. The van der Waals surface area contributed by atoms with Crippen molar-refractivity contribution >= 4 is 22.7 Å². The molecule has 0 fully saturated rings. The Labute approximate surface area is 110 Å². The Bertz CT molecular complexity index is 645. The summed E-state index contributed by atoms with van der Waals surface area (Å²) < 4.78 is 0. The van der Waals surface area contributed by atoms with Crippen LogP contribution in [0.25, 0.3) is 0 Å². The van der Waals surface area contributed by atoms with Crippen molar-refractivity contribution in [2.45, 2.75) is 0 Å². The summed E-state index contributed by atoms with van der Waals surface area (Å²) >= 11 is 0. The number of nitrogen functional groups attached to an aromatic ring is 2. The number of anilines is 4. The van der Waals surface area contributed by atoms with Crippen LogP contribution in [0.3, 0.4) is 0 Å². The lowest BCUT2D eigenvalue weighted by Crippen LogP contribution is -1.96. The smallest absolute Gasteiger partial charge is 0.101 e. The number of hydrogen-bond donors (Lipinski definition) is 3. The van der Waals surface area contributed by atoms with E-state index in [1.54, 1.807) is 36.4 Å². The lowest BCUT2D eigenvalue weighted by molar-refractivity contribution is 1.46. The van der Waals surface area contributed by atoms with Gasteiger partial charge in [0.05, 0.1) is 11.1 Å². The highest BCUT2D eigenvalue weighted by molar-refractivity contribution is 5.70. The second-order valence-corrected chi connectivity index (χ2v) is 3.95. The molecule has 0 unspecified atom stereocenters. The van der Waals surface area contributed by atoms with Gasteiger partial charge >= 0.3 is 0 Å². The van der Waals surface area contributed by atoms with Crippen LogP contribution in [0.5, 0.6) is 0 Å². The maximum absolute atomic E-state index is 8.91. The fourth-order valence-corrected chi connectivity index (χ4v) is 1.63. The molecule has 5 N–H and O–H groups in total. The molecular formula is C14H11N5. The molecule has 92 valence electrons. The maximum Gasteiger partial charge on any atom is 0.101 e. The van der Waals surface area contributed by atoms with E-state index in [-0.39, 0.29) is 0 Å². The Kier molecular flexibility index (Phi) is 3.22. The molecule has 0 heterocycles. The van der Waals surface area contributed by atoms with Crippen LogP contribution in [0.1, 0.15) is 11.1 Å². The minimum absolute atomic E-state index is 0.404. The van der Waals surface area contributed by atoms with Crippen LogP contribution in [0.15, 0.2) is 36.4 Å². The zero-order valence-corrected chi connectivity index (χ0v) is 10.0. The van der Waals surface area contributed by atoms with E-state index in [0.29, 0.717) is 22.5 Å². The van der Waals surface area contributed by atoms with Gasteiger partial charge in [-0.1, -0.05) is 0 Å². The van der Waals surface area contributed by atoms with Crippen LogP contribution in [0, 0.1) is 22.7 Å². The second-order valence-electron chi connectivity index (χ2n) is 3.95. The largest absolute Gasteiger partial charge is 0.398 e. The zero-order valence-electron chi connectivity index (χ0n) is 10.0. The van der Waals surface area contributed by atoms with Crippen LogP contribution in [-0.4, -0.2) is 0 Å². The third kappa shape index (κ3) is 2.56. The minimum atomic E-state index is 0.404. The predicted molar refractivity (Wildman–Crippen MR) is 74.4 cm³/mol. The van der Waals surface area contributed by atoms with E-state index in [2.05, 4.69) is 5.32 Å². The van der Waals surface area contributed by atoms with Crippen molar-refractivity contribution in [3.05, 3.63) is 47.5 Å². The minimum Gasteiger partial charge on any atom is -0.398 e. The number of nitriles is 2. The van der Waals surface area contributed by atoms with E-state index >= 15 is 0 Å². The first-order valence-electron chi connectivity index (χ1n) is 5.50. The quantitative estimate of drug-likeness (QED) is 0.707. The summed E-state index contributed by atoms with van der Waals surface area (Å²) in [7, 11) is 0. The van der Waals surface area contributed by atoms with Gasteiger partial charge in [-0.15, -0.1) is 0 Å².